The summed E-state index contributed by atoms with van der Waals surface area (Å²) in [7, 11) is 1.14. The maximum atomic E-state index is 2.47. The van der Waals surface area contributed by atoms with E-state index in [0.29, 0.717) is 5.41 Å². The van der Waals surface area contributed by atoms with Gasteiger partial charge >= 0.3 is 0 Å². The fraction of sp³-hybridized carbons (Fsp3) is 0.714. The van der Waals surface area contributed by atoms with Gasteiger partial charge in [0.05, 0.1) is 9.52 Å². The Morgan fingerprint density at radius 1 is 1.27 bits per heavy atom. The first-order chi connectivity index (χ1) is 6.88. The Balaban J connectivity index is 2.16. The summed E-state index contributed by atoms with van der Waals surface area (Å²) >= 11 is 0. The van der Waals surface area contributed by atoms with Crippen molar-refractivity contribution in [2.24, 2.45) is 11.3 Å². The molecule has 0 aromatic rings. The predicted molar refractivity (Wildman–Crippen MR) is 68.3 cm³/mol. The van der Waals surface area contributed by atoms with Crippen molar-refractivity contribution in [2.45, 2.75) is 52.1 Å². The van der Waals surface area contributed by atoms with Crippen LogP contribution >= 0.6 is 0 Å². The van der Waals surface area contributed by atoms with Crippen molar-refractivity contribution in [3.8, 4) is 0 Å². The normalized spacial score (nSPS) is 33.9. The second-order valence-electron chi connectivity index (χ2n) is 6.38. The molecule has 0 amide bonds. The van der Waals surface area contributed by atoms with Crippen molar-refractivity contribution in [1.82, 2.24) is 0 Å². The molecule has 2 radical (unpaired) electrons. The second-order valence-corrected chi connectivity index (χ2v) is 8.08. The average Bonchev–Trinajstić information content (AvgIpc) is 2.56. The van der Waals surface area contributed by atoms with Gasteiger partial charge < -0.3 is 0 Å². The number of hydrogen-bond donors (Lipinski definition) is 0. The minimum absolute atomic E-state index is 0.489. The van der Waals surface area contributed by atoms with Gasteiger partial charge in [-0.2, -0.15) is 0 Å². The fourth-order valence-electron chi connectivity index (χ4n) is 2.97. The summed E-state index contributed by atoms with van der Waals surface area (Å²) in [4.78, 5) is 0. The third-order valence-corrected chi connectivity index (χ3v) is 5.30. The van der Waals surface area contributed by atoms with Gasteiger partial charge in [0.15, 0.2) is 0 Å². The van der Waals surface area contributed by atoms with E-state index in [4.69, 9.17) is 0 Å². The van der Waals surface area contributed by atoms with Gasteiger partial charge in [0.25, 0.3) is 0 Å². The number of allylic oxidation sites excluding steroid dienone is 4. The monoisotopic (exact) mass is 218 g/mol. The Bertz CT molecular complexity index is 313. The lowest BCUT2D eigenvalue weighted by atomic mass is 9.84. The molecule has 2 rings (SSSR count). The first-order valence-electron chi connectivity index (χ1n) is 6.00. The van der Waals surface area contributed by atoms with E-state index < -0.39 is 0 Å². The molecule has 2 aliphatic rings. The molecule has 1 aliphatic carbocycles. The van der Waals surface area contributed by atoms with E-state index in [1.807, 2.05) is 0 Å². The molecule has 0 N–H and O–H groups in total. The van der Waals surface area contributed by atoms with Gasteiger partial charge in [-0.05, 0) is 42.7 Å². The minimum Gasteiger partial charge on any atom is -0.0840 e. The molecule has 0 aromatic heterocycles. The first-order valence-corrected chi connectivity index (χ1v) is 7.15. The van der Waals surface area contributed by atoms with Gasteiger partial charge in [-0.1, -0.05) is 44.1 Å². The maximum Gasteiger partial charge on any atom is 0.0566 e. The first kappa shape index (κ1) is 11.2. The molecule has 2 bridgehead atoms. The molecule has 1 fully saturated rings. The van der Waals surface area contributed by atoms with Crippen LogP contribution in [0.15, 0.2) is 23.3 Å². The Labute approximate surface area is 96.7 Å². The summed E-state index contributed by atoms with van der Waals surface area (Å²) < 4.78 is 0. The number of rotatable bonds is 1. The lowest BCUT2D eigenvalue weighted by Crippen LogP contribution is -2.16. The van der Waals surface area contributed by atoms with E-state index in [1.54, 1.807) is 11.1 Å². The molecular weight excluding hydrogens is 196 g/mol. The molecular formula is C14H22Si. The highest BCUT2D eigenvalue weighted by atomic mass is 28.2. The summed E-state index contributed by atoms with van der Waals surface area (Å²) in [6, 6.07) is 0. The number of hydrogen-bond acceptors (Lipinski definition) is 0. The zero-order valence-corrected chi connectivity index (χ0v) is 11.6. The zero-order chi connectivity index (χ0) is 11.2. The molecule has 0 unspecified atom stereocenters. The van der Waals surface area contributed by atoms with Gasteiger partial charge in [0.2, 0.25) is 0 Å². The van der Waals surface area contributed by atoms with Gasteiger partial charge in [-0.25, -0.2) is 0 Å². The van der Waals surface area contributed by atoms with Crippen LogP contribution in [0.3, 0.4) is 0 Å². The third-order valence-electron chi connectivity index (χ3n) is 3.44. The van der Waals surface area contributed by atoms with E-state index in [2.05, 4.69) is 46.8 Å². The summed E-state index contributed by atoms with van der Waals surface area (Å²) in [5.74, 6) is 0.789. The van der Waals surface area contributed by atoms with Gasteiger partial charge in [0.1, 0.15) is 0 Å². The van der Waals surface area contributed by atoms with Crippen molar-refractivity contribution in [2.75, 3.05) is 0 Å². The number of fused-ring (bicyclic) bond motifs is 2. The highest BCUT2D eigenvalue weighted by molar-refractivity contribution is 6.44. The molecule has 0 nitrogen and oxygen atoms in total. The smallest absolute Gasteiger partial charge is 0.0566 e. The van der Waals surface area contributed by atoms with E-state index in [0.717, 1.165) is 26.5 Å². The Morgan fingerprint density at radius 3 is 2.40 bits per heavy atom. The van der Waals surface area contributed by atoms with Crippen LogP contribution in [0, 0.1) is 11.3 Å². The van der Waals surface area contributed by atoms with Crippen molar-refractivity contribution in [3.05, 3.63) is 23.3 Å². The van der Waals surface area contributed by atoms with Crippen LogP contribution in [-0.2, 0) is 0 Å². The molecule has 0 spiro atoms. The standard InChI is InChI=1S/C14H22Si/c1-9(2)13-10-6-7-11(13)15-12(10)8-14(3,4)5/h6-7,10-12H,8H2,1-5H3/t10-,11-,12+/m1/s1. The van der Waals surface area contributed by atoms with Crippen LogP contribution in [0.25, 0.3) is 0 Å². The highest BCUT2D eigenvalue weighted by Crippen LogP contribution is 2.54. The van der Waals surface area contributed by atoms with Crippen molar-refractivity contribution >= 4 is 9.52 Å². The summed E-state index contributed by atoms with van der Waals surface area (Å²) in [6.45, 7) is 11.7. The van der Waals surface area contributed by atoms with E-state index >= 15 is 0 Å². The molecule has 82 valence electrons. The topological polar surface area (TPSA) is 0 Å². The quantitative estimate of drug-likeness (QED) is 0.456. The van der Waals surface area contributed by atoms with Crippen molar-refractivity contribution < 1.29 is 0 Å². The molecule has 1 saturated heterocycles. The summed E-state index contributed by atoms with van der Waals surface area (Å²) in [6.07, 6.45) is 6.30. The van der Waals surface area contributed by atoms with Crippen molar-refractivity contribution in [1.29, 1.82) is 0 Å². The molecule has 1 heteroatoms. The van der Waals surface area contributed by atoms with Crippen LogP contribution < -0.4 is 0 Å². The van der Waals surface area contributed by atoms with Crippen LogP contribution in [0.5, 0.6) is 0 Å². The van der Waals surface area contributed by atoms with Gasteiger partial charge in [-0.15, -0.1) is 0 Å². The maximum absolute atomic E-state index is 2.47. The SMILES string of the molecule is CC(C)=C1[C@H]2C=C[C@@H]1[C@H](CC(C)(C)C)[Si]2. The summed E-state index contributed by atoms with van der Waals surface area (Å²) in [5, 5.41) is 0. The molecule has 0 aromatic carbocycles. The molecule has 1 aliphatic heterocycles. The Kier molecular flexibility index (Phi) is 2.70. The fourth-order valence-corrected chi connectivity index (χ4v) is 5.54. The minimum atomic E-state index is 0.489. The Hall–Kier alpha value is -0.303. The van der Waals surface area contributed by atoms with E-state index in [-0.39, 0.29) is 0 Å². The van der Waals surface area contributed by atoms with Crippen LogP contribution in [-0.4, -0.2) is 9.52 Å². The molecule has 15 heavy (non-hydrogen) atoms. The van der Waals surface area contributed by atoms with Gasteiger partial charge in [-0.3, -0.25) is 0 Å². The van der Waals surface area contributed by atoms with Gasteiger partial charge in [0, 0.05) is 0 Å². The lowest BCUT2D eigenvalue weighted by Gasteiger charge is -2.26. The largest absolute Gasteiger partial charge is 0.0840 e. The molecule has 0 saturated carbocycles. The predicted octanol–water partition coefficient (Wildman–Crippen LogP) is 4.24. The highest BCUT2D eigenvalue weighted by Gasteiger charge is 2.42. The lowest BCUT2D eigenvalue weighted by molar-refractivity contribution is 0.354. The van der Waals surface area contributed by atoms with Crippen molar-refractivity contribution in [3.63, 3.8) is 0 Å². The van der Waals surface area contributed by atoms with Crippen LogP contribution in [0.4, 0.5) is 0 Å². The molecule has 3 atom stereocenters. The van der Waals surface area contributed by atoms with E-state index in [1.165, 1.54) is 6.42 Å². The third kappa shape index (κ3) is 2.12. The van der Waals surface area contributed by atoms with Crippen LogP contribution in [0.1, 0.15) is 41.0 Å². The second kappa shape index (κ2) is 3.62. The summed E-state index contributed by atoms with van der Waals surface area (Å²) in [5.41, 5.74) is 5.56. The molecule has 1 heterocycles. The zero-order valence-electron chi connectivity index (χ0n) is 10.6. The average molecular weight is 218 g/mol. The Morgan fingerprint density at radius 2 is 1.93 bits per heavy atom. The van der Waals surface area contributed by atoms with E-state index in [9.17, 15) is 0 Å². The van der Waals surface area contributed by atoms with Crippen LogP contribution in [0.2, 0.25) is 11.1 Å².